The standard InChI is InChI=1S/C19H23N3S/c1-3-4-6-15-8-9-17(14(2)11-15)21-19-22-18(13-23-19)16-7-5-10-20-12-16/h5,7-10,12-13,15H,3-4,6,11H2,1-2H3,(H,21,22). The van der Waals surface area contributed by atoms with Crippen LogP contribution in [0.2, 0.25) is 0 Å². The van der Waals surface area contributed by atoms with E-state index in [9.17, 15) is 0 Å². The molecule has 0 aliphatic heterocycles. The zero-order chi connectivity index (χ0) is 16.1. The second kappa shape index (κ2) is 7.55. The Morgan fingerprint density at radius 2 is 2.30 bits per heavy atom. The van der Waals surface area contributed by atoms with Gasteiger partial charge in [-0.25, -0.2) is 4.98 Å². The summed E-state index contributed by atoms with van der Waals surface area (Å²) in [5.41, 5.74) is 4.65. The molecule has 1 aliphatic rings. The molecule has 1 N–H and O–H groups in total. The summed E-state index contributed by atoms with van der Waals surface area (Å²) in [6.07, 6.45) is 13.2. The van der Waals surface area contributed by atoms with Crippen LogP contribution in [0.25, 0.3) is 11.3 Å². The van der Waals surface area contributed by atoms with Crippen LogP contribution in [0, 0.1) is 5.92 Å². The van der Waals surface area contributed by atoms with Crippen molar-refractivity contribution in [3.8, 4) is 11.3 Å². The van der Waals surface area contributed by atoms with Crippen molar-refractivity contribution in [2.75, 3.05) is 5.32 Å². The smallest absolute Gasteiger partial charge is 0.187 e. The van der Waals surface area contributed by atoms with E-state index in [0.717, 1.165) is 22.8 Å². The number of allylic oxidation sites excluding steroid dienone is 3. The maximum absolute atomic E-state index is 4.68. The monoisotopic (exact) mass is 325 g/mol. The molecule has 0 saturated heterocycles. The molecule has 0 fully saturated rings. The molecular weight excluding hydrogens is 302 g/mol. The summed E-state index contributed by atoms with van der Waals surface area (Å²) in [5.74, 6) is 0.697. The fraction of sp³-hybridized carbons (Fsp3) is 0.368. The van der Waals surface area contributed by atoms with E-state index >= 15 is 0 Å². The highest BCUT2D eigenvalue weighted by molar-refractivity contribution is 7.14. The average molecular weight is 325 g/mol. The Bertz CT molecular complexity index is 700. The summed E-state index contributed by atoms with van der Waals surface area (Å²) < 4.78 is 0. The highest BCUT2D eigenvalue weighted by Crippen LogP contribution is 2.30. The lowest BCUT2D eigenvalue weighted by Gasteiger charge is -2.20. The second-order valence-electron chi connectivity index (χ2n) is 6.06. The summed E-state index contributed by atoms with van der Waals surface area (Å²) >= 11 is 1.64. The van der Waals surface area contributed by atoms with Gasteiger partial charge in [0.05, 0.1) is 5.69 Å². The van der Waals surface area contributed by atoms with Crippen molar-refractivity contribution in [3.05, 3.63) is 53.3 Å². The van der Waals surface area contributed by atoms with Crippen molar-refractivity contribution < 1.29 is 0 Å². The number of nitrogens with one attached hydrogen (secondary N) is 1. The summed E-state index contributed by atoms with van der Waals surface area (Å²) in [5, 5.41) is 6.49. The number of nitrogens with zero attached hydrogens (tertiary/aromatic N) is 2. The summed E-state index contributed by atoms with van der Waals surface area (Å²) in [6, 6.07) is 3.98. The van der Waals surface area contributed by atoms with Gasteiger partial charge in [-0.1, -0.05) is 25.8 Å². The van der Waals surface area contributed by atoms with E-state index < -0.39 is 0 Å². The van der Waals surface area contributed by atoms with Gasteiger partial charge in [-0.05, 0) is 49.5 Å². The third kappa shape index (κ3) is 4.08. The summed E-state index contributed by atoms with van der Waals surface area (Å²) in [4.78, 5) is 8.83. The molecule has 2 aromatic heterocycles. The van der Waals surface area contributed by atoms with Crippen LogP contribution in [0.5, 0.6) is 0 Å². The van der Waals surface area contributed by atoms with Crippen LogP contribution in [-0.2, 0) is 0 Å². The number of thiazole rings is 1. The first-order chi connectivity index (χ1) is 11.3. The van der Waals surface area contributed by atoms with E-state index in [-0.39, 0.29) is 0 Å². The predicted molar refractivity (Wildman–Crippen MR) is 98.4 cm³/mol. The minimum absolute atomic E-state index is 0.697. The van der Waals surface area contributed by atoms with Gasteiger partial charge in [-0.15, -0.1) is 11.3 Å². The Balaban J connectivity index is 1.66. The zero-order valence-electron chi connectivity index (χ0n) is 13.7. The maximum Gasteiger partial charge on any atom is 0.187 e. The van der Waals surface area contributed by atoms with Gasteiger partial charge in [0.25, 0.3) is 0 Å². The van der Waals surface area contributed by atoms with Crippen molar-refractivity contribution in [2.24, 2.45) is 5.92 Å². The van der Waals surface area contributed by atoms with Crippen LogP contribution >= 0.6 is 11.3 Å². The van der Waals surface area contributed by atoms with Gasteiger partial charge in [0, 0.05) is 29.0 Å². The van der Waals surface area contributed by atoms with Gasteiger partial charge in [0.2, 0.25) is 0 Å². The van der Waals surface area contributed by atoms with Gasteiger partial charge in [0.1, 0.15) is 0 Å². The lowest BCUT2D eigenvalue weighted by molar-refractivity contribution is 0.543. The van der Waals surface area contributed by atoms with Crippen LogP contribution in [-0.4, -0.2) is 9.97 Å². The molecule has 3 nitrogen and oxygen atoms in total. The molecule has 2 heterocycles. The highest BCUT2D eigenvalue weighted by atomic mass is 32.1. The van der Waals surface area contributed by atoms with Gasteiger partial charge in [0.15, 0.2) is 5.13 Å². The normalized spacial score (nSPS) is 17.6. The van der Waals surface area contributed by atoms with E-state index in [1.54, 1.807) is 17.5 Å². The van der Waals surface area contributed by atoms with Crippen LogP contribution in [0.15, 0.2) is 53.3 Å². The Morgan fingerprint density at radius 3 is 3.04 bits per heavy atom. The van der Waals surface area contributed by atoms with Gasteiger partial charge in [-0.3, -0.25) is 4.98 Å². The van der Waals surface area contributed by atoms with Crippen molar-refractivity contribution >= 4 is 16.5 Å². The van der Waals surface area contributed by atoms with E-state index in [2.05, 4.69) is 46.7 Å². The molecular formula is C19H23N3S. The zero-order valence-corrected chi connectivity index (χ0v) is 14.6. The van der Waals surface area contributed by atoms with E-state index in [4.69, 9.17) is 0 Å². The summed E-state index contributed by atoms with van der Waals surface area (Å²) in [7, 11) is 0. The van der Waals surface area contributed by atoms with Crippen molar-refractivity contribution in [3.63, 3.8) is 0 Å². The summed E-state index contributed by atoms with van der Waals surface area (Å²) in [6.45, 7) is 4.48. The van der Waals surface area contributed by atoms with Crippen molar-refractivity contribution in [2.45, 2.75) is 39.5 Å². The number of hydrogen-bond donors (Lipinski definition) is 1. The number of unbranched alkanes of at least 4 members (excludes halogenated alkanes) is 1. The van der Waals surface area contributed by atoms with E-state index in [1.165, 1.54) is 30.5 Å². The molecule has 1 unspecified atom stereocenters. The largest absolute Gasteiger partial charge is 0.332 e. The van der Waals surface area contributed by atoms with E-state index in [0.29, 0.717) is 5.92 Å². The molecule has 0 radical (unpaired) electrons. The van der Waals surface area contributed by atoms with Crippen LogP contribution in [0.1, 0.15) is 39.5 Å². The maximum atomic E-state index is 4.68. The molecule has 0 bridgehead atoms. The minimum atomic E-state index is 0.697. The molecule has 23 heavy (non-hydrogen) atoms. The lowest BCUT2D eigenvalue weighted by Crippen LogP contribution is -2.09. The van der Waals surface area contributed by atoms with Gasteiger partial charge >= 0.3 is 0 Å². The Kier molecular flexibility index (Phi) is 5.23. The van der Waals surface area contributed by atoms with Gasteiger partial charge < -0.3 is 5.32 Å². The van der Waals surface area contributed by atoms with Crippen molar-refractivity contribution in [1.29, 1.82) is 0 Å². The van der Waals surface area contributed by atoms with Gasteiger partial charge in [-0.2, -0.15) is 0 Å². The Labute approximate surface area is 142 Å². The fourth-order valence-electron chi connectivity index (χ4n) is 2.85. The average Bonchev–Trinajstić information content (AvgIpc) is 3.05. The third-order valence-corrected chi connectivity index (χ3v) is 4.95. The molecule has 4 heteroatoms. The predicted octanol–water partition coefficient (Wildman–Crippen LogP) is 5.66. The third-order valence-electron chi connectivity index (χ3n) is 4.19. The molecule has 0 spiro atoms. The topological polar surface area (TPSA) is 37.8 Å². The SMILES string of the molecule is CCCCC1C=CC(Nc2nc(-c3cccnc3)cs2)=C(C)C1. The highest BCUT2D eigenvalue weighted by Gasteiger charge is 2.14. The first-order valence-electron chi connectivity index (χ1n) is 8.27. The van der Waals surface area contributed by atoms with Crippen LogP contribution < -0.4 is 5.32 Å². The number of aromatic nitrogens is 2. The molecule has 2 aromatic rings. The second-order valence-corrected chi connectivity index (χ2v) is 6.92. The Hall–Kier alpha value is -1.94. The van der Waals surface area contributed by atoms with Crippen LogP contribution in [0.3, 0.4) is 0 Å². The molecule has 1 atom stereocenters. The fourth-order valence-corrected chi connectivity index (χ4v) is 3.58. The number of anilines is 1. The lowest BCUT2D eigenvalue weighted by atomic mass is 9.89. The number of hydrogen-bond acceptors (Lipinski definition) is 4. The quantitative estimate of drug-likeness (QED) is 0.745. The molecule has 0 saturated carbocycles. The first-order valence-corrected chi connectivity index (χ1v) is 9.15. The first kappa shape index (κ1) is 15.9. The molecule has 1 aliphatic carbocycles. The molecule has 0 aromatic carbocycles. The number of rotatable bonds is 6. The van der Waals surface area contributed by atoms with E-state index in [1.807, 2.05) is 18.3 Å². The molecule has 0 amide bonds. The molecule has 120 valence electrons. The van der Waals surface area contributed by atoms with Crippen LogP contribution in [0.4, 0.5) is 5.13 Å². The van der Waals surface area contributed by atoms with Crippen molar-refractivity contribution in [1.82, 2.24) is 9.97 Å². The Morgan fingerprint density at radius 1 is 1.39 bits per heavy atom. The number of pyridine rings is 1. The molecule has 3 rings (SSSR count). The minimum Gasteiger partial charge on any atom is -0.332 e.